The normalized spacial score (nSPS) is 11.8. The van der Waals surface area contributed by atoms with Crippen LogP contribution < -0.4 is 0 Å². The largest absolute Gasteiger partial charge is 0.459 e. The van der Waals surface area contributed by atoms with Crippen LogP contribution in [0.5, 0.6) is 0 Å². The van der Waals surface area contributed by atoms with Crippen molar-refractivity contribution in [2.24, 2.45) is 0 Å². The minimum atomic E-state index is -0.287. The van der Waals surface area contributed by atoms with E-state index in [1.165, 1.54) is 0 Å². The van der Waals surface area contributed by atoms with Crippen molar-refractivity contribution in [1.82, 2.24) is 0 Å². The van der Waals surface area contributed by atoms with Crippen molar-refractivity contribution in [1.29, 1.82) is 0 Å². The van der Waals surface area contributed by atoms with Crippen LogP contribution in [-0.2, 0) is 20.9 Å². The van der Waals surface area contributed by atoms with Crippen LogP contribution in [0.2, 0.25) is 0 Å². The summed E-state index contributed by atoms with van der Waals surface area (Å²) >= 11 is 3.06. The molecule has 0 unspecified atom stereocenters. The molecule has 0 aliphatic carbocycles. The topological polar surface area (TPSA) is 35.5 Å². The molecule has 98 valence electrons. The van der Waals surface area contributed by atoms with E-state index in [1.54, 1.807) is 6.08 Å². The lowest BCUT2D eigenvalue weighted by Crippen LogP contribution is -2.23. The average Bonchev–Trinajstić information content (AvgIpc) is 2.40. The van der Waals surface area contributed by atoms with Gasteiger partial charge in [0.1, 0.15) is 11.4 Å². The predicted octanol–water partition coefficient (Wildman–Crippen LogP) is 3.09. The Balaban J connectivity index is 2.33. The lowest BCUT2D eigenvalue weighted by atomic mass is 10.2. The van der Waals surface area contributed by atoms with Gasteiger partial charge in [0, 0.05) is 6.42 Å². The fraction of sp³-hybridized carbons (Fsp3) is 0.357. The molecule has 4 heteroatoms. The molecule has 0 spiro atoms. The average molecular weight is 313 g/mol. The number of ether oxygens (including phenoxy) is 2. The van der Waals surface area contributed by atoms with Gasteiger partial charge in [0.05, 0.1) is 13.2 Å². The minimum absolute atomic E-state index is 0.194. The van der Waals surface area contributed by atoms with Gasteiger partial charge in [-0.2, -0.15) is 0 Å². The van der Waals surface area contributed by atoms with E-state index in [9.17, 15) is 4.79 Å². The molecular formula is C14H17BrO3. The Hall–Kier alpha value is -1.13. The van der Waals surface area contributed by atoms with E-state index in [1.807, 2.05) is 30.3 Å². The quantitative estimate of drug-likeness (QED) is 0.420. The molecule has 1 atom stereocenters. The van der Waals surface area contributed by atoms with E-state index in [0.717, 1.165) is 5.56 Å². The molecule has 0 saturated heterocycles. The number of hydrogen-bond donors (Lipinski definition) is 0. The number of alkyl halides is 1. The molecule has 0 amide bonds. The maximum atomic E-state index is 11.2. The molecule has 0 fully saturated rings. The molecule has 0 aliphatic rings. The van der Waals surface area contributed by atoms with Gasteiger partial charge in [0.15, 0.2) is 0 Å². The first-order valence-corrected chi connectivity index (χ1v) is 6.86. The zero-order valence-electron chi connectivity index (χ0n) is 10.2. The van der Waals surface area contributed by atoms with Gasteiger partial charge in [-0.15, -0.1) is 6.58 Å². The van der Waals surface area contributed by atoms with Crippen molar-refractivity contribution in [2.75, 3.05) is 11.9 Å². The van der Waals surface area contributed by atoms with Crippen LogP contribution in [0.4, 0.5) is 0 Å². The first kappa shape index (κ1) is 14.9. The summed E-state index contributed by atoms with van der Waals surface area (Å²) in [5.74, 6) is -0.287. The molecule has 3 nitrogen and oxygen atoms in total. The highest BCUT2D eigenvalue weighted by Crippen LogP contribution is 2.06. The van der Waals surface area contributed by atoms with Crippen molar-refractivity contribution in [3.63, 3.8) is 0 Å². The number of esters is 1. The molecule has 0 heterocycles. The SMILES string of the molecule is C=CC[C@@H](COCc1ccccc1)OC(=O)CBr. The van der Waals surface area contributed by atoms with Crippen LogP contribution in [0, 0.1) is 0 Å². The van der Waals surface area contributed by atoms with Crippen molar-refractivity contribution in [3.05, 3.63) is 48.6 Å². The highest BCUT2D eigenvalue weighted by Gasteiger charge is 2.12. The van der Waals surface area contributed by atoms with Crippen LogP contribution >= 0.6 is 15.9 Å². The Kier molecular flexibility index (Phi) is 7.37. The van der Waals surface area contributed by atoms with Gasteiger partial charge in [-0.3, -0.25) is 4.79 Å². The van der Waals surface area contributed by atoms with E-state index >= 15 is 0 Å². The first-order chi connectivity index (χ1) is 8.76. The van der Waals surface area contributed by atoms with Crippen LogP contribution in [0.3, 0.4) is 0 Å². The zero-order valence-corrected chi connectivity index (χ0v) is 11.8. The van der Waals surface area contributed by atoms with Gasteiger partial charge in [-0.25, -0.2) is 0 Å². The summed E-state index contributed by atoms with van der Waals surface area (Å²) in [6, 6.07) is 9.87. The van der Waals surface area contributed by atoms with Crippen LogP contribution in [0.15, 0.2) is 43.0 Å². The van der Waals surface area contributed by atoms with E-state index in [0.29, 0.717) is 19.6 Å². The number of benzene rings is 1. The second-order valence-electron chi connectivity index (χ2n) is 3.77. The number of halogens is 1. The van der Waals surface area contributed by atoms with Crippen LogP contribution in [0.25, 0.3) is 0 Å². The third-order valence-corrected chi connectivity index (χ3v) is 2.71. The summed E-state index contributed by atoms with van der Waals surface area (Å²) < 4.78 is 10.7. The number of carbonyl (C=O) groups is 1. The van der Waals surface area contributed by atoms with Gasteiger partial charge >= 0.3 is 5.97 Å². The monoisotopic (exact) mass is 312 g/mol. The molecule has 1 rings (SSSR count). The van der Waals surface area contributed by atoms with Gasteiger partial charge in [0.25, 0.3) is 0 Å². The molecule has 0 N–H and O–H groups in total. The summed E-state index contributed by atoms with van der Waals surface area (Å²) in [5, 5.41) is 0.194. The van der Waals surface area contributed by atoms with Crippen LogP contribution in [0.1, 0.15) is 12.0 Å². The zero-order chi connectivity index (χ0) is 13.2. The minimum Gasteiger partial charge on any atom is -0.459 e. The predicted molar refractivity (Wildman–Crippen MR) is 74.6 cm³/mol. The molecule has 0 aromatic heterocycles. The summed E-state index contributed by atoms with van der Waals surface area (Å²) in [6.07, 6.45) is 2.04. The van der Waals surface area contributed by atoms with Crippen molar-refractivity contribution in [2.45, 2.75) is 19.1 Å². The molecule has 0 aliphatic heterocycles. The maximum Gasteiger partial charge on any atom is 0.316 e. The van der Waals surface area contributed by atoms with E-state index in [-0.39, 0.29) is 17.4 Å². The fourth-order valence-corrected chi connectivity index (χ4v) is 1.57. The third-order valence-electron chi connectivity index (χ3n) is 2.25. The second-order valence-corrected chi connectivity index (χ2v) is 4.33. The van der Waals surface area contributed by atoms with Gasteiger partial charge in [-0.05, 0) is 5.56 Å². The van der Waals surface area contributed by atoms with Gasteiger partial charge in [0.2, 0.25) is 0 Å². The number of rotatable bonds is 8. The Labute approximate surface area is 116 Å². The molecule has 0 radical (unpaired) electrons. The van der Waals surface area contributed by atoms with E-state index < -0.39 is 0 Å². The molecule has 0 bridgehead atoms. The Morgan fingerprint density at radius 2 is 2.11 bits per heavy atom. The van der Waals surface area contributed by atoms with E-state index in [4.69, 9.17) is 9.47 Å². The summed E-state index contributed by atoms with van der Waals surface area (Å²) in [6.45, 7) is 4.53. The highest BCUT2D eigenvalue weighted by molar-refractivity contribution is 9.09. The maximum absolute atomic E-state index is 11.2. The molecule has 0 saturated carbocycles. The van der Waals surface area contributed by atoms with Crippen molar-refractivity contribution >= 4 is 21.9 Å². The Morgan fingerprint density at radius 3 is 2.72 bits per heavy atom. The van der Waals surface area contributed by atoms with Crippen molar-refractivity contribution in [3.8, 4) is 0 Å². The smallest absolute Gasteiger partial charge is 0.316 e. The van der Waals surface area contributed by atoms with Crippen LogP contribution in [-0.4, -0.2) is 24.0 Å². The number of carbonyl (C=O) groups excluding carboxylic acids is 1. The lowest BCUT2D eigenvalue weighted by Gasteiger charge is -2.16. The van der Waals surface area contributed by atoms with Crippen molar-refractivity contribution < 1.29 is 14.3 Å². The molecular weight excluding hydrogens is 296 g/mol. The first-order valence-electron chi connectivity index (χ1n) is 5.74. The summed E-state index contributed by atoms with van der Waals surface area (Å²) in [5.41, 5.74) is 1.10. The standard InChI is InChI=1S/C14H17BrO3/c1-2-6-13(18-14(16)9-15)11-17-10-12-7-4-3-5-8-12/h2-5,7-8,13H,1,6,9-11H2/t13-/m0/s1. The second kappa shape index (κ2) is 8.89. The lowest BCUT2D eigenvalue weighted by molar-refractivity contribution is -0.148. The van der Waals surface area contributed by atoms with E-state index in [2.05, 4.69) is 22.5 Å². The summed E-state index contributed by atoms with van der Waals surface area (Å²) in [4.78, 5) is 11.2. The highest BCUT2D eigenvalue weighted by atomic mass is 79.9. The molecule has 1 aromatic carbocycles. The molecule has 18 heavy (non-hydrogen) atoms. The Bertz CT molecular complexity index is 365. The molecule has 1 aromatic rings. The van der Waals surface area contributed by atoms with Gasteiger partial charge < -0.3 is 9.47 Å². The third kappa shape index (κ3) is 5.98. The summed E-state index contributed by atoms with van der Waals surface area (Å²) in [7, 11) is 0. The fourth-order valence-electron chi connectivity index (χ4n) is 1.44. The number of hydrogen-bond acceptors (Lipinski definition) is 3. The Morgan fingerprint density at radius 1 is 1.39 bits per heavy atom. The van der Waals surface area contributed by atoms with Gasteiger partial charge in [-0.1, -0.05) is 52.3 Å².